The van der Waals surface area contributed by atoms with E-state index in [1.807, 2.05) is 24.0 Å². The summed E-state index contributed by atoms with van der Waals surface area (Å²) < 4.78 is 1.96. The summed E-state index contributed by atoms with van der Waals surface area (Å²) >= 11 is 6.08. The number of halogens is 1. The number of likely N-dealkylation sites (tertiary alicyclic amines) is 1. The molecule has 0 unspecified atom stereocenters. The van der Waals surface area contributed by atoms with Crippen LogP contribution in [0.5, 0.6) is 0 Å². The lowest BCUT2D eigenvalue weighted by Crippen LogP contribution is -2.40. The van der Waals surface area contributed by atoms with Crippen LogP contribution in [0.1, 0.15) is 30.1 Å². The summed E-state index contributed by atoms with van der Waals surface area (Å²) in [6.07, 6.45) is 4.18. The molecule has 3 rings (SSSR count). The number of piperidine rings is 1. The average Bonchev–Trinajstić information content (AvgIpc) is 2.99. The smallest absolute Gasteiger partial charge is 0.101 e. The van der Waals surface area contributed by atoms with Gasteiger partial charge >= 0.3 is 0 Å². The second kappa shape index (κ2) is 7.25. The van der Waals surface area contributed by atoms with E-state index in [0.717, 1.165) is 25.2 Å². The van der Waals surface area contributed by atoms with Crippen molar-refractivity contribution in [1.29, 1.82) is 5.26 Å². The maximum Gasteiger partial charge on any atom is 0.101 e. The zero-order chi connectivity index (χ0) is 17.1. The minimum Gasteiger partial charge on any atom is -0.384 e. The molecule has 24 heavy (non-hydrogen) atoms. The number of nitrogens with zero attached hydrogens (tertiary/aromatic N) is 4. The largest absolute Gasteiger partial charge is 0.384 e. The molecule has 2 atom stereocenters. The van der Waals surface area contributed by atoms with Gasteiger partial charge in [-0.15, -0.1) is 0 Å². The molecule has 6 heteroatoms. The molecule has 2 heterocycles. The van der Waals surface area contributed by atoms with Crippen LogP contribution in [0.25, 0.3) is 0 Å². The Morgan fingerprint density at radius 1 is 1.38 bits per heavy atom. The molecule has 1 aromatic heterocycles. The predicted molar refractivity (Wildman–Crippen MR) is 96.0 cm³/mol. The van der Waals surface area contributed by atoms with Gasteiger partial charge in [-0.3, -0.25) is 9.58 Å². The number of hydrogen-bond acceptors (Lipinski definition) is 4. The molecular formula is C18H22ClN5. The van der Waals surface area contributed by atoms with E-state index < -0.39 is 0 Å². The highest BCUT2D eigenvalue weighted by atomic mass is 35.5. The normalized spacial score (nSPS) is 21.4. The molecule has 1 aliphatic rings. The fourth-order valence-corrected chi connectivity index (χ4v) is 3.79. The van der Waals surface area contributed by atoms with E-state index >= 15 is 0 Å². The highest BCUT2D eigenvalue weighted by molar-refractivity contribution is 6.30. The first-order valence-electron chi connectivity index (χ1n) is 8.22. The molecule has 1 fully saturated rings. The Morgan fingerprint density at radius 3 is 2.92 bits per heavy atom. The van der Waals surface area contributed by atoms with Crippen molar-refractivity contribution in [2.24, 2.45) is 13.0 Å². The monoisotopic (exact) mass is 343 g/mol. The first-order chi connectivity index (χ1) is 11.6. The molecule has 1 saturated heterocycles. The molecule has 0 spiro atoms. The third kappa shape index (κ3) is 3.40. The van der Waals surface area contributed by atoms with Crippen molar-refractivity contribution in [3.05, 3.63) is 46.7 Å². The number of anilines is 1. The topological polar surface area (TPSA) is 56.9 Å². The lowest BCUT2D eigenvalue weighted by atomic mass is 9.87. The minimum atomic E-state index is 0.323. The van der Waals surface area contributed by atoms with Crippen LogP contribution >= 0.6 is 11.6 Å². The summed E-state index contributed by atoms with van der Waals surface area (Å²) in [4.78, 5) is 2.40. The van der Waals surface area contributed by atoms with Crippen LogP contribution in [0.3, 0.4) is 0 Å². The lowest BCUT2D eigenvalue weighted by molar-refractivity contribution is 0.121. The summed E-state index contributed by atoms with van der Waals surface area (Å²) in [7, 11) is 4.16. The van der Waals surface area contributed by atoms with Crippen molar-refractivity contribution in [3.63, 3.8) is 0 Å². The van der Waals surface area contributed by atoms with Crippen molar-refractivity contribution >= 4 is 17.3 Å². The Kier molecular flexibility index (Phi) is 5.08. The molecular weight excluding hydrogens is 322 g/mol. The van der Waals surface area contributed by atoms with E-state index in [2.05, 4.69) is 34.5 Å². The maximum atomic E-state index is 9.27. The van der Waals surface area contributed by atoms with Gasteiger partial charge in [-0.25, -0.2) is 0 Å². The summed E-state index contributed by atoms with van der Waals surface area (Å²) in [5, 5.41) is 17.7. The Balaban J connectivity index is 1.79. The number of benzene rings is 1. The van der Waals surface area contributed by atoms with Crippen LogP contribution in [-0.2, 0) is 7.05 Å². The second-order valence-corrected chi connectivity index (χ2v) is 6.83. The van der Waals surface area contributed by atoms with Crippen LogP contribution in [0, 0.1) is 17.2 Å². The molecule has 0 aliphatic carbocycles. The molecule has 1 N–H and O–H groups in total. The number of rotatable bonds is 4. The van der Waals surface area contributed by atoms with Crippen molar-refractivity contribution < 1.29 is 0 Å². The number of hydrogen-bond donors (Lipinski definition) is 1. The van der Waals surface area contributed by atoms with Crippen molar-refractivity contribution in [3.8, 4) is 6.07 Å². The standard InChI is InChI=1S/C18H22ClN5/c1-23-9-3-4-14(18(23)17-7-8-22-24(17)2)12-21-16-10-15(19)6-5-13(16)11-20/h5-8,10,14,18,21H,3-4,9,12H2,1-2H3/t14-,18+/m0/s1. The Hall–Kier alpha value is -2.03. The van der Waals surface area contributed by atoms with Gasteiger partial charge in [0.05, 0.1) is 23.0 Å². The van der Waals surface area contributed by atoms with Crippen LogP contribution in [0.4, 0.5) is 5.69 Å². The van der Waals surface area contributed by atoms with Gasteiger partial charge in [0.2, 0.25) is 0 Å². The zero-order valence-electron chi connectivity index (χ0n) is 14.0. The predicted octanol–water partition coefficient (Wildman–Crippen LogP) is 3.44. The minimum absolute atomic E-state index is 0.323. The third-order valence-electron chi connectivity index (χ3n) is 4.83. The fraction of sp³-hybridized carbons (Fsp3) is 0.444. The summed E-state index contributed by atoms with van der Waals surface area (Å²) in [5.74, 6) is 0.449. The van der Waals surface area contributed by atoms with E-state index in [1.54, 1.807) is 12.1 Å². The molecule has 2 aromatic rings. The van der Waals surface area contributed by atoms with Crippen LogP contribution in [0.15, 0.2) is 30.5 Å². The maximum absolute atomic E-state index is 9.27. The fourth-order valence-electron chi connectivity index (χ4n) is 3.62. The van der Waals surface area contributed by atoms with Gasteiger partial charge in [0, 0.05) is 24.8 Å². The molecule has 0 radical (unpaired) electrons. The molecule has 126 valence electrons. The summed E-state index contributed by atoms with van der Waals surface area (Å²) in [5.41, 5.74) is 2.67. The molecule has 0 saturated carbocycles. The second-order valence-electron chi connectivity index (χ2n) is 6.39. The third-order valence-corrected chi connectivity index (χ3v) is 5.06. The van der Waals surface area contributed by atoms with Crippen LogP contribution < -0.4 is 5.32 Å². The van der Waals surface area contributed by atoms with Gasteiger partial charge in [0.15, 0.2) is 0 Å². The van der Waals surface area contributed by atoms with Gasteiger partial charge in [0.1, 0.15) is 6.07 Å². The molecule has 5 nitrogen and oxygen atoms in total. The van der Waals surface area contributed by atoms with E-state index in [9.17, 15) is 5.26 Å². The number of nitriles is 1. The molecule has 0 bridgehead atoms. The van der Waals surface area contributed by atoms with Gasteiger partial charge in [-0.05, 0) is 56.6 Å². The van der Waals surface area contributed by atoms with Crippen molar-refractivity contribution in [2.45, 2.75) is 18.9 Å². The summed E-state index contributed by atoms with van der Waals surface area (Å²) in [6.45, 7) is 1.89. The van der Waals surface area contributed by atoms with Crippen LogP contribution in [-0.4, -0.2) is 34.8 Å². The first-order valence-corrected chi connectivity index (χ1v) is 8.59. The van der Waals surface area contributed by atoms with Crippen LogP contribution in [0.2, 0.25) is 5.02 Å². The number of aryl methyl sites for hydroxylation is 1. The summed E-state index contributed by atoms with van der Waals surface area (Å²) in [6, 6.07) is 9.97. The number of aromatic nitrogens is 2. The molecule has 1 aliphatic heterocycles. The van der Waals surface area contributed by atoms with E-state index in [0.29, 0.717) is 22.5 Å². The van der Waals surface area contributed by atoms with E-state index in [-0.39, 0.29) is 0 Å². The van der Waals surface area contributed by atoms with Gasteiger partial charge in [-0.2, -0.15) is 10.4 Å². The van der Waals surface area contributed by atoms with Crippen molar-refractivity contribution in [1.82, 2.24) is 14.7 Å². The molecule has 1 aromatic carbocycles. The van der Waals surface area contributed by atoms with Gasteiger partial charge in [0.25, 0.3) is 0 Å². The Labute approximate surface area is 147 Å². The SMILES string of the molecule is CN1CCC[C@@H](CNc2cc(Cl)ccc2C#N)[C@@H]1c1ccnn1C. The Bertz CT molecular complexity index is 748. The van der Waals surface area contributed by atoms with Crippen molar-refractivity contribution in [2.75, 3.05) is 25.5 Å². The number of nitrogens with one attached hydrogen (secondary N) is 1. The van der Waals surface area contributed by atoms with E-state index in [1.165, 1.54) is 12.1 Å². The lowest BCUT2D eigenvalue weighted by Gasteiger charge is -2.39. The first kappa shape index (κ1) is 16.8. The zero-order valence-corrected chi connectivity index (χ0v) is 14.8. The van der Waals surface area contributed by atoms with Gasteiger partial charge in [-0.1, -0.05) is 11.6 Å². The quantitative estimate of drug-likeness (QED) is 0.923. The average molecular weight is 344 g/mol. The molecule has 0 amide bonds. The van der Waals surface area contributed by atoms with E-state index in [4.69, 9.17) is 11.6 Å². The highest BCUT2D eigenvalue weighted by Crippen LogP contribution is 2.35. The van der Waals surface area contributed by atoms with Gasteiger partial charge < -0.3 is 5.32 Å². The Morgan fingerprint density at radius 2 is 2.21 bits per heavy atom. The highest BCUT2D eigenvalue weighted by Gasteiger charge is 2.32.